The molecular weight excluding hydrogens is 440 g/mol. The SMILES string of the molecule is CP(C)CCP(C)C.CP(C)CCP(C)C.[Cl][Ru][Cl]. The molecule has 0 radical (unpaired) electrons. The summed E-state index contributed by atoms with van der Waals surface area (Å²) >= 11 is -0.346. The Morgan fingerprint density at radius 3 is 0.684 bits per heavy atom. The Morgan fingerprint density at radius 1 is 0.526 bits per heavy atom. The molecule has 0 heterocycles. The van der Waals surface area contributed by atoms with E-state index in [2.05, 4.69) is 53.3 Å². The fourth-order valence-corrected chi connectivity index (χ4v) is 7.20. The van der Waals surface area contributed by atoms with Crippen LogP contribution in [0, 0.1) is 0 Å². The van der Waals surface area contributed by atoms with Gasteiger partial charge in [0.15, 0.2) is 0 Å². The molecule has 0 spiro atoms. The van der Waals surface area contributed by atoms with Gasteiger partial charge in [-0.2, -0.15) is 0 Å². The van der Waals surface area contributed by atoms with Crippen molar-refractivity contribution in [2.24, 2.45) is 0 Å². The topological polar surface area (TPSA) is 0 Å². The van der Waals surface area contributed by atoms with Gasteiger partial charge in [0.2, 0.25) is 0 Å². The van der Waals surface area contributed by atoms with E-state index in [9.17, 15) is 0 Å². The first-order valence-electron chi connectivity index (χ1n) is 6.11. The van der Waals surface area contributed by atoms with Gasteiger partial charge in [-0.05, 0) is 78.0 Å². The molecule has 0 aromatic carbocycles. The van der Waals surface area contributed by atoms with E-state index in [1.54, 1.807) is 0 Å². The second-order valence-electron chi connectivity index (χ2n) is 5.26. The average Bonchev–Trinajstić information content (AvgIpc) is 2.25. The van der Waals surface area contributed by atoms with Crippen molar-refractivity contribution < 1.29 is 15.1 Å². The zero-order valence-electron chi connectivity index (χ0n) is 13.7. The van der Waals surface area contributed by atoms with E-state index in [-0.39, 0.29) is 15.1 Å². The second-order valence-corrected chi connectivity index (χ2v) is 18.3. The van der Waals surface area contributed by atoms with Gasteiger partial charge in [-0.15, -0.1) is 31.7 Å². The minimum absolute atomic E-state index is 0.346. The summed E-state index contributed by atoms with van der Waals surface area (Å²) in [6.07, 6.45) is 5.92. The molecule has 0 bridgehead atoms. The third-order valence-corrected chi connectivity index (χ3v) is 7.17. The van der Waals surface area contributed by atoms with Crippen LogP contribution in [0.4, 0.5) is 0 Å². The first-order chi connectivity index (χ1) is 8.67. The van der Waals surface area contributed by atoms with Crippen molar-refractivity contribution in [2.75, 3.05) is 78.0 Å². The van der Waals surface area contributed by atoms with Crippen LogP contribution in [0.5, 0.6) is 0 Å². The van der Waals surface area contributed by atoms with Gasteiger partial charge in [0.25, 0.3) is 0 Å². The number of hydrogen-bond donors (Lipinski definition) is 0. The van der Waals surface area contributed by atoms with Crippen LogP contribution >= 0.6 is 51.1 Å². The predicted molar refractivity (Wildman–Crippen MR) is 106 cm³/mol. The molecule has 0 aliphatic carbocycles. The van der Waals surface area contributed by atoms with Gasteiger partial charge >= 0.3 is 34.5 Å². The van der Waals surface area contributed by atoms with E-state index in [1.165, 1.54) is 24.6 Å². The second kappa shape index (κ2) is 20.9. The Kier molecular flexibility index (Phi) is 29.5. The Balaban J connectivity index is -0.000000224. The fraction of sp³-hybridized carbons (Fsp3) is 1.00. The van der Waals surface area contributed by atoms with E-state index in [1.807, 2.05) is 0 Å². The monoisotopic (exact) mass is 472 g/mol. The fourth-order valence-electron chi connectivity index (χ4n) is 0.800. The quantitative estimate of drug-likeness (QED) is 0.314. The van der Waals surface area contributed by atoms with Crippen LogP contribution in [0.1, 0.15) is 0 Å². The van der Waals surface area contributed by atoms with Gasteiger partial charge < -0.3 is 0 Å². The van der Waals surface area contributed by atoms with Gasteiger partial charge in [0, 0.05) is 0 Å². The maximum atomic E-state index is 4.85. The van der Waals surface area contributed by atoms with Crippen LogP contribution in [-0.2, 0) is 15.1 Å². The molecule has 7 heteroatoms. The van der Waals surface area contributed by atoms with E-state index in [0.29, 0.717) is 31.7 Å². The van der Waals surface area contributed by atoms with Crippen molar-refractivity contribution in [3.05, 3.63) is 0 Å². The Morgan fingerprint density at radius 2 is 0.632 bits per heavy atom. The average molecular weight is 472 g/mol. The number of halogens is 2. The van der Waals surface area contributed by atoms with Crippen molar-refractivity contribution in [1.82, 2.24) is 0 Å². The molecule has 122 valence electrons. The first-order valence-corrected chi connectivity index (χ1v) is 20.3. The van der Waals surface area contributed by atoms with Crippen LogP contribution in [-0.4, -0.2) is 78.0 Å². The molecule has 0 aliphatic heterocycles. The third-order valence-electron chi connectivity index (χ3n) is 1.99. The number of hydrogen-bond acceptors (Lipinski definition) is 0. The van der Waals surface area contributed by atoms with E-state index in [0.717, 1.165) is 0 Å². The molecule has 0 atom stereocenters. The summed E-state index contributed by atoms with van der Waals surface area (Å²) < 4.78 is 0. The minimum atomic E-state index is -0.346. The standard InChI is InChI=1S/2C6H16P2.2ClH.Ru/c2*1-7(2)5-6-8(3)4;;;/h2*5-6H2,1-4H3;2*1H;/q;;;;+2/p-2. The zero-order chi connectivity index (χ0) is 15.8. The van der Waals surface area contributed by atoms with Crippen molar-refractivity contribution in [3.8, 4) is 0 Å². The summed E-state index contributed by atoms with van der Waals surface area (Å²) in [5.41, 5.74) is 0. The van der Waals surface area contributed by atoms with E-state index in [4.69, 9.17) is 19.4 Å². The van der Waals surface area contributed by atoms with Crippen molar-refractivity contribution >= 4 is 51.1 Å². The normalized spacial score (nSPS) is 10.6. The summed E-state index contributed by atoms with van der Waals surface area (Å²) in [4.78, 5) is 0. The van der Waals surface area contributed by atoms with Gasteiger partial charge in [0.1, 0.15) is 0 Å². The molecule has 0 aromatic rings. The number of rotatable bonds is 6. The summed E-state index contributed by atoms with van der Waals surface area (Å²) in [5.74, 6) is 0. The zero-order valence-corrected chi connectivity index (χ0v) is 20.6. The van der Waals surface area contributed by atoms with Gasteiger partial charge in [-0.25, -0.2) is 0 Å². The molecule has 0 amide bonds. The van der Waals surface area contributed by atoms with Crippen LogP contribution in [0.25, 0.3) is 0 Å². The maximum absolute atomic E-state index is 4.85. The summed E-state index contributed by atoms with van der Waals surface area (Å²) in [5, 5.41) is 0. The van der Waals surface area contributed by atoms with Gasteiger partial charge in [0.05, 0.1) is 0 Å². The summed E-state index contributed by atoms with van der Waals surface area (Å²) in [6, 6.07) is 0. The Labute approximate surface area is 143 Å². The third kappa shape index (κ3) is 44.9. The summed E-state index contributed by atoms with van der Waals surface area (Å²) in [7, 11) is 11.2. The van der Waals surface area contributed by atoms with Gasteiger partial charge in [-0.3, -0.25) is 0 Å². The summed E-state index contributed by atoms with van der Waals surface area (Å²) in [6.45, 7) is 18.8. The van der Waals surface area contributed by atoms with Gasteiger partial charge in [-0.1, -0.05) is 0 Å². The molecule has 0 aliphatic rings. The molecule has 0 nitrogen and oxygen atoms in total. The molecule has 0 saturated carbocycles. The van der Waals surface area contributed by atoms with Crippen molar-refractivity contribution in [1.29, 1.82) is 0 Å². The first kappa shape index (κ1) is 26.8. The predicted octanol–water partition coefficient (Wildman–Crippen LogP) is 6.32. The molecular formula is C12H32Cl2P4Ru. The molecule has 0 rings (SSSR count). The van der Waals surface area contributed by atoms with Crippen molar-refractivity contribution in [2.45, 2.75) is 0 Å². The molecule has 0 N–H and O–H groups in total. The van der Waals surface area contributed by atoms with Crippen LogP contribution in [0.3, 0.4) is 0 Å². The van der Waals surface area contributed by atoms with Crippen LogP contribution < -0.4 is 0 Å². The molecule has 19 heavy (non-hydrogen) atoms. The molecule has 0 saturated heterocycles. The van der Waals surface area contributed by atoms with E-state index >= 15 is 0 Å². The Bertz CT molecular complexity index is 127. The molecule has 0 aromatic heterocycles. The van der Waals surface area contributed by atoms with Crippen LogP contribution in [0.2, 0.25) is 0 Å². The van der Waals surface area contributed by atoms with Crippen LogP contribution in [0.15, 0.2) is 0 Å². The molecule has 0 fully saturated rings. The molecule has 0 unspecified atom stereocenters. The Hall–Kier alpha value is 2.92. The van der Waals surface area contributed by atoms with Crippen molar-refractivity contribution in [3.63, 3.8) is 0 Å². The van der Waals surface area contributed by atoms with E-state index < -0.39 is 0 Å².